The van der Waals surface area contributed by atoms with E-state index in [1.54, 1.807) is 18.2 Å². The quantitative estimate of drug-likeness (QED) is 0.674. The number of pyridine rings is 1. The number of nitrogens with two attached hydrogens (primary N) is 1. The number of phenols is 1. The van der Waals surface area contributed by atoms with Crippen molar-refractivity contribution in [1.82, 2.24) is 4.98 Å². The first-order valence-corrected chi connectivity index (χ1v) is 7.70. The summed E-state index contributed by atoms with van der Waals surface area (Å²) >= 11 is 1.24. The summed E-state index contributed by atoms with van der Waals surface area (Å²) in [5.74, 6) is -0.829. The van der Waals surface area contributed by atoms with Crippen molar-refractivity contribution < 1.29 is 15.0 Å². The summed E-state index contributed by atoms with van der Waals surface area (Å²) < 4.78 is 0. The van der Waals surface area contributed by atoms with Crippen LogP contribution in [0.1, 0.15) is 15.9 Å². The van der Waals surface area contributed by atoms with E-state index in [4.69, 9.17) is 10.8 Å². The number of benzene rings is 1. The minimum atomic E-state index is -1.02. The molecule has 0 bridgehead atoms. The molecule has 3 rings (SSSR count). The second-order valence-electron chi connectivity index (χ2n) is 4.98. The fourth-order valence-corrected chi connectivity index (χ4v) is 3.10. The van der Waals surface area contributed by atoms with Crippen molar-refractivity contribution in [3.8, 4) is 33.5 Å². The number of rotatable bonds is 3. The van der Waals surface area contributed by atoms with Crippen molar-refractivity contribution in [3.63, 3.8) is 0 Å². The molecule has 0 saturated carbocycles. The Bertz CT molecular complexity index is 972. The van der Waals surface area contributed by atoms with E-state index in [1.165, 1.54) is 34.9 Å². The van der Waals surface area contributed by atoms with Gasteiger partial charge >= 0.3 is 5.97 Å². The van der Waals surface area contributed by atoms with Gasteiger partial charge in [-0.2, -0.15) is 5.26 Å². The van der Waals surface area contributed by atoms with Crippen LogP contribution >= 0.6 is 11.3 Å². The van der Waals surface area contributed by atoms with Crippen LogP contribution in [0.2, 0.25) is 0 Å². The molecular weight excluding hydrogens is 326 g/mol. The van der Waals surface area contributed by atoms with E-state index in [-0.39, 0.29) is 22.7 Å². The second-order valence-corrected chi connectivity index (χ2v) is 5.89. The average Bonchev–Trinajstić information content (AvgIpc) is 3.05. The van der Waals surface area contributed by atoms with Gasteiger partial charge in [0.1, 0.15) is 23.2 Å². The fraction of sp³-hybridized carbons (Fsp3) is 0. The first-order valence-electron chi connectivity index (χ1n) is 6.82. The van der Waals surface area contributed by atoms with E-state index < -0.39 is 5.97 Å². The Kier molecular flexibility index (Phi) is 3.90. The third-order valence-electron chi connectivity index (χ3n) is 3.44. The summed E-state index contributed by atoms with van der Waals surface area (Å²) in [6.45, 7) is 0. The van der Waals surface area contributed by atoms with Gasteiger partial charge in [-0.1, -0.05) is 12.1 Å². The number of hydrogen-bond acceptors (Lipinski definition) is 6. The molecule has 4 N–H and O–H groups in total. The first-order chi connectivity index (χ1) is 11.5. The molecule has 24 heavy (non-hydrogen) atoms. The van der Waals surface area contributed by atoms with Gasteiger partial charge in [0.05, 0.1) is 16.1 Å². The highest BCUT2D eigenvalue weighted by atomic mass is 32.1. The zero-order valence-corrected chi connectivity index (χ0v) is 13.0. The number of aromatic nitrogens is 1. The molecular formula is C17H11N3O3S. The Morgan fingerprint density at radius 2 is 1.96 bits per heavy atom. The maximum Gasteiger partial charge on any atom is 0.336 e. The number of hydrogen-bond donors (Lipinski definition) is 3. The van der Waals surface area contributed by atoms with Crippen LogP contribution in [0.25, 0.3) is 21.7 Å². The maximum atomic E-state index is 11.0. The molecule has 0 saturated heterocycles. The number of carboxylic acid groups (broad SMARTS) is 1. The van der Waals surface area contributed by atoms with Crippen LogP contribution in [0.4, 0.5) is 5.82 Å². The number of nitriles is 1. The number of carbonyl (C=O) groups is 1. The lowest BCUT2D eigenvalue weighted by Gasteiger charge is -2.09. The number of phenolic OH excluding ortho intramolecular Hbond substituents is 1. The summed E-state index contributed by atoms with van der Waals surface area (Å²) in [6.07, 6.45) is 0. The molecule has 0 atom stereocenters. The molecule has 6 nitrogen and oxygen atoms in total. The normalized spacial score (nSPS) is 10.3. The van der Waals surface area contributed by atoms with Crippen LogP contribution in [0.3, 0.4) is 0 Å². The van der Waals surface area contributed by atoms with Crippen LogP contribution < -0.4 is 5.73 Å². The standard InChI is InChI=1S/C17H11N3O3S/c18-7-13-12(9-1-3-11(21)4-2-9)6-14(20-16(13)19)15-5-10(8-24-15)17(22)23/h1-6,8,21H,(H2,19,20)(H,22,23). The topological polar surface area (TPSA) is 120 Å². The minimum absolute atomic E-state index is 0.0725. The van der Waals surface area contributed by atoms with Crippen molar-refractivity contribution in [2.24, 2.45) is 0 Å². The van der Waals surface area contributed by atoms with Gasteiger partial charge < -0.3 is 15.9 Å². The third-order valence-corrected chi connectivity index (χ3v) is 4.39. The highest BCUT2D eigenvalue weighted by molar-refractivity contribution is 7.13. The number of carboxylic acids is 1. The Morgan fingerprint density at radius 1 is 1.25 bits per heavy atom. The highest BCUT2D eigenvalue weighted by Crippen LogP contribution is 2.34. The van der Waals surface area contributed by atoms with Crippen molar-refractivity contribution in [2.45, 2.75) is 0 Å². The Labute approximate surface area is 141 Å². The molecule has 0 spiro atoms. The third kappa shape index (κ3) is 2.78. The van der Waals surface area contributed by atoms with Crippen LogP contribution in [-0.2, 0) is 0 Å². The lowest BCUT2D eigenvalue weighted by atomic mass is 10.00. The summed E-state index contributed by atoms with van der Waals surface area (Å²) in [5, 5.41) is 29.3. The van der Waals surface area contributed by atoms with Gasteiger partial charge in [-0.25, -0.2) is 9.78 Å². The summed E-state index contributed by atoms with van der Waals surface area (Å²) in [7, 11) is 0. The van der Waals surface area contributed by atoms with Crippen molar-refractivity contribution in [2.75, 3.05) is 5.73 Å². The van der Waals surface area contributed by atoms with Crippen molar-refractivity contribution in [1.29, 1.82) is 5.26 Å². The fourth-order valence-electron chi connectivity index (χ4n) is 2.26. The van der Waals surface area contributed by atoms with Gasteiger partial charge in [0.2, 0.25) is 0 Å². The van der Waals surface area contributed by atoms with Crippen LogP contribution in [0.5, 0.6) is 5.75 Å². The Hall–Kier alpha value is -3.37. The number of nitrogens with zero attached hydrogens (tertiary/aromatic N) is 2. The van der Waals surface area contributed by atoms with E-state index >= 15 is 0 Å². The summed E-state index contributed by atoms with van der Waals surface area (Å²) in [4.78, 5) is 15.9. The van der Waals surface area contributed by atoms with E-state index in [0.717, 1.165) is 0 Å². The molecule has 0 aliphatic carbocycles. The molecule has 2 aromatic heterocycles. The van der Waals surface area contributed by atoms with Gasteiger partial charge in [0, 0.05) is 10.9 Å². The number of thiophene rings is 1. The van der Waals surface area contributed by atoms with Crippen LogP contribution in [0.15, 0.2) is 41.8 Å². The predicted octanol–water partition coefficient (Wildman–Crippen LogP) is 3.33. The molecule has 1 aromatic carbocycles. The molecule has 3 aromatic rings. The number of aromatic hydroxyl groups is 1. The van der Waals surface area contributed by atoms with E-state index in [9.17, 15) is 15.2 Å². The SMILES string of the molecule is N#Cc1c(-c2ccc(O)cc2)cc(-c2cc(C(=O)O)cs2)nc1N. The zero-order chi connectivity index (χ0) is 17.3. The molecule has 0 radical (unpaired) electrons. The first kappa shape index (κ1) is 15.5. The lowest BCUT2D eigenvalue weighted by Crippen LogP contribution is -1.99. The number of aromatic carboxylic acids is 1. The lowest BCUT2D eigenvalue weighted by molar-refractivity contribution is 0.0697. The van der Waals surface area contributed by atoms with E-state index in [0.29, 0.717) is 21.7 Å². The molecule has 0 aliphatic rings. The Morgan fingerprint density at radius 3 is 2.54 bits per heavy atom. The van der Waals surface area contributed by atoms with E-state index in [2.05, 4.69) is 4.98 Å². The van der Waals surface area contributed by atoms with Crippen LogP contribution in [0, 0.1) is 11.3 Å². The number of nitrogen functional groups attached to an aromatic ring is 1. The maximum absolute atomic E-state index is 11.0. The smallest absolute Gasteiger partial charge is 0.336 e. The van der Waals surface area contributed by atoms with Gasteiger partial charge in [-0.15, -0.1) is 11.3 Å². The molecule has 0 amide bonds. The molecule has 0 unspecified atom stereocenters. The molecule has 2 heterocycles. The summed E-state index contributed by atoms with van der Waals surface area (Å²) in [6, 6.07) is 11.6. The highest BCUT2D eigenvalue weighted by Gasteiger charge is 2.15. The van der Waals surface area contributed by atoms with Crippen molar-refractivity contribution in [3.05, 3.63) is 52.9 Å². The molecule has 0 fully saturated rings. The largest absolute Gasteiger partial charge is 0.508 e. The van der Waals surface area contributed by atoms with Crippen LogP contribution in [-0.4, -0.2) is 21.2 Å². The minimum Gasteiger partial charge on any atom is -0.508 e. The van der Waals surface area contributed by atoms with Gasteiger partial charge in [0.15, 0.2) is 0 Å². The zero-order valence-electron chi connectivity index (χ0n) is 12.2. The molecule has 118 valence electrons. The number of anilines is 1. The molecule has 7 heteroatoms. The second kappa shape index (κ2) is 6.02. The van der Waals surface area contributed by atoms with Crippen molar-refractivity contribution >= 4 is 23.1 Å². The molecule has 0 aliphatic heterocycles. The average molecular weight is 337 g/mol. The predicted molar refractivity (Wildman–Crippen MR) is 90.7 cm³/mol. The van der Waals surface area contributed by atoms with Gasteiger partial charge in [-0.05, 0) is 29.8 Å². The van der Waals surface area contributed by atoms with Gasteiger partial charge in [-0.3, -0.25) is 0 Å². The van der Waals surface area contributed by atoms with Gasteiger partial charge in [0.25, 0.3) is 0 Å². The summed E-state index contributed by atoms with van der Waals surface area (Å²) in [5.41, 5.74) is 8.09. The van der Waals surface area contributed by atoms with E-state index in [1.807, 2.05) is 6.07 Å². The Balaban J connectivity index is 2.17. The monoisotopic (exact) mass is 337 g/mol.